The van der Waals surface area contributed by atoms with Crippen molar-refractivity contribution in [1.82, 2.24) is 19.8 Å². The van der Waals surface area contributed by atoms with Crippen molar-refractivity contribution in [3.05, 3.63) is 100 Å². The molecular weight excluding hydrogens is 626 g/mol. The topological polar surface area (TPSA) is 108 Å². The molecule has 47 heavy (non-hydrogen) atoms. The Morgan fingerprint density at radius 2 is 1.74 bits per heavy atom. The second-order valence-corrected chi connectivity index (χ2v) is 14.5. The number of hydrogen-bond acceptors (Lipinski definition) is 6. The molecule has 2 fully saturated rings. The standard InChI is InChI=1S/C35H42F2N4O5S/c1-23-6-4-8-33(14-23)47(44,45)40-11-9-38-31(21-40)20-30(17-25-15-28(36)19-29(37)16-25)39-34(42)26-12-24(2)13-27(18-26)35(43)41-10-5-7-32(41)22-46-3/h4,6,8,12-16,18-19,30-32,38H,5,7,9-11,17,20-22H2,1-3H3,(H,39,42)/t30-,31-,32+/m0/s1. The molecule has 3 aromatic rings. The quantitative estimate of drug-likeness (QED) is 0.317. The molecule has 252 valence electrons. The Morgan fingerprint density at radius 1 is 1.00 bits per heavy atom. The van der Waals surface area contributed by atoms with E-state index < -0.39 is 33.6 Å². The second-order valence-electron chi connectivity index (χ2n) is 12.6. The zero-order chi connectivity index (χ0) is 33.7. The van der Waals surface area contributed by atoms with Crippen molar-refractivity contribution in [2.75, 3.05) is 39.9 Å². The van der Waals surface area contributed by atoms with Gasteiger partial charge in [-0.3, -0.25) is 9.59 Å². The molecule has 0 bridgehead atoms. The van der Waals surface area contributed by atoms with Crippen LogP contribution in [0.1, 0.15) is 56.7 Å². The molecule has 0 aromatic heterocycles. The first kappa shape index (κ1) is 34.6. The normalized spacial score (nSPS) is 19.5. The molecule has 0 saturated carbocycles. The van der Waals surface area contributed by atoms with E-state index in [-0.39, 0.29) is 54.4 Å². The molecule has 0 spiro atoms. The lowest BCUT2D eigenvalue weighted by atomic mass is 9.97. The summed E-state index contributed by atoms with van der Waals surface area (Å²) in [6, 6.07) is 14.0. The van der Waals surface area contributed by atoms with Gasteiger partial charge < -0.3 is 20.3 Å². The van der Waals surface area contributed by atoms with Gasteiger partial charge in [-0.1, -0.05) is 12.1 Å². The molecule has 2 aliphatic heterocycles. The summed E-state index contributed by atoms with van der Waals surface area (Å²) in [7, 11) is -2.15. The van der Waals surface area contributed by atoms with E-state index >= 15 is 0 Å². The Kier molecular flexibility index (Phi) is 11.1. The highest BCUT2D eigenvalue weighted by molar-refractivity contribution is 7.89. The van der Waals surface area contributed by atoms with Crippen LogP contribution in [0, 0.1) is 25.5 Å². The van der Waals surface area contributed by atoms with Gasteiger partial charge in [0.1, 0.15) is 11.6 Å². The first-order valence-electron chi connectivity index (χ1n) is 15.9. The Labute approximate surface area is 275 Å². The van der Waals surface area contributed by atoms with Gasteiger partial charge in [-0.2, -0.15) is 4.31 Å². The molecule has 0 unspecified atom stereocenters. The van der Waals surface area contributed by atoms with Gasteiger partial charge in [-0.25, -0.2) is 17.2 Å². The molecule has 2 amide bonds. The van der Waals surface area contributed by atoms with E-state index in [0.717, 1.165) is 30.0 Å². The van der Waals surface area contributed by atoms with Gasteiger partial charge in [0.2, 0.25) is 10.0 Å². The lowest BCUT2D eigenvalue weighted by Crippen LogP contribution is -2.54. The Morgan fingerprint density at radius 3 is 2.47 bits per heavy atom. The van der Waals surface area contributed by atoms with Crippen LogP contribution in [0.2, 0.25) is 0 Å². The number of benzene rings is 3. The Hall–Kier alpha value is -3.71. The van der Waals surface area contributed by atoms with E-state index in [2.05, 4.69) is 10.6 Å². The zero-order valence-corrected chi connectivity index (χ0v) is 27.8. The molecule has 2 N–H and O–H groups in total. The van der Waals surface area contributed by atoms with Crippen molar-refractivity contribution in [1.29, 1.82) is 0 Å². The number of amides is 2. The number of carbonyl (C=O) groups excluding carboxylic acids is 2. The van der Waals surface area contributed by atoms with Crippen LogP contribution in [0.5, 0.6) is 0 Å². The molecule has 0 aliphatic carbocycles. The average Bonchev–Trinajstić information content (AvgIpc) is 3.48. The van der Waals surface area contributed by atoms with Gasteiger partial charge in [0.25, 0.3) is 11.8 Å². The average molecular weight is 669 g/mol. The molecule has 2 saturated heterocycles. The van der Waals surface area contributed by atoms with E-state index in [0.29, 0.717) is 30.8 Å². The molecule has 2 aliphatic rings. The molecular formula is C35H42F2N4O5S. The fraction of sp³-hybridized carbons (Fsp3) is 0.429. The lowest BCUT2D eigenvalue weighted by molar-refractivity contribution is 0.0630. The fourth-order valence-corrected chi connectivity index (χ4v) is 8.18. The second kappa shape index (κ2) is 15.0. The highest BCUT2D eigenvalue weighted by Crippen LogP contribution is 2.23. The van der Waals surface area contributed by atoms with Gasteiger partial charge in [-0.15, -0.1) is 0 Å². The van der Waals surface area contributed by atoms with Crippen LogP contribution in [-0.4, -0.2) is 87.5 Å². The predicted octanol–water partition coefficient (Wildman–Crippen LogP) is 4.23. The number of hydrogen-bond donors (Lipinski definition) is 2. The van der Waals surface area contributed by atoms with Gasteiger partial charge in [0.05, 0.1) is 17.5 Å². The molecule has 0 radical (unpaired) electrons. The number of nitrogens with zero attached hydrogens (tertiary/aromatic N) is 2. The maximum absolute atomic E-state index is 14.1. The molecule has 12 heteroatoms. The summed E-state index contributed by atoms with van der Waals surface area (Å²) in [5.41, 5.74) is 2.60. The van der Waals surface area contributed by atoms with Crippen LogP contribution in [0.3, 0.4) is 0 Å². The SMILES string of the molecule is COC[C@H]1CCCN1C(=O)c1cc(C)cc(C(=O)N[C@@H](Cc2cc(F)cc(F)c2)C[C@H]2CN(S(=O)(=O)c3cccc(C)c3)CCN2)c1. The van der Waals surface area contributed by atoms with Crippen LogP contribution in [0.25, 0.3) is 0 Å². The Bertz CT molecular complexity index is 1700. The van der Waals surface area contributed by atoms with E-state index in [1.165, 1.54) is 16.4 Å². The van der Waals surface area contributed by atoms with Crippen molar-refractivity contribution in [3.8, 4) is 0 Å². The van der Waals surface area contributed by atoms with Crippen LogP contribution in [-0.2, 0) is 21.2 Å². The third kappa shape index (κ3) is 8.61. The van der Waals surface area contributed by atoms with Crippen molar-refractivity contribution < 1.29 is 31.5 Å². The summed E-state index contributed by atoms with van der Waals surface area (Å²) < 4.78 is 62.0. The van der Waals surface area contributed by atoms with E-state index in [1.54, 1.807) is 48.4 Å². The monoisotopic (exact) mass is 668 g/mol. The largest absolute Gasteiger partial charge is 0.383 e. The van der Waals surface area contributed by atoms with E-state index in [4.69, 9.17) is 4.74 Å². The summed E-state index contributed by atoms with van der Waals surface area (Å²) >= 11 is 0. The van der Waals surface area contributed by atoms with Crippen molar-refractivity contribution in [3.63, 3.8) is 0 Å². The summed E-state index contributed by atoms with van der Waals surface area (Å²) in [4.78, 5) is 29.2. The number of aryl methyl sites for hydroxylation is 2. The van der Waals surface area contributed by atoms with Crippen molar-refractivity contribution in [2.45, 2.75) is 62.6 Å². The minimum Gasteiger partial charge on any atom is -0.383 e. The van der Waals surface area contributed by atoms with Crippen LogP contribution in [0.15, 0.2) is 65.6 Å². The van der Waals surface area contributed by atoms with E-state index in [1.807, 2.05) is 19.9 Å². The third-order valence-electron chi connectivity index (χ3n) is 8.74. The lowest BCUT2D eigenvalue weighted by Gasteiger charge is -2.35. The third-order valence-corrected chi connectivity index (χ3v) is 10.6. The summed E-state index contributed by atoms with van der Waals surface area (Å²) in [5, 5.41) is 6.36. The Balaban J connectivity index is 1.36. The molecule has 5 rings (SSSR count). The van der Waals surface area contributed by atoms with Gasteiger partial charge >= 0.3 is 0 Å². The van der Waals surface area contributed by atoms with Crippen LogP contribution in [0.4, 0.5) is 8.78 Å². The summed E-state index contributed by atoms with van der Waals surface area (Å²) in [5.74, 6) is -2.08. The zero-order valence-electron chi connectivity index (χ0n) is 27.0. The van der Waals surface area contributed by atoms with E-state index in [9.17, 15) is 26.8 Å². The molecule has 3 aromatic carbocycles. The maximum atomic E-state index is 14.1. The number of halogens is 2. The number of likely N-dealkylation sites (tertiary alicyclic amines) is 1. The van der Waals surface area contributed by atoms with Crippen LogP contribution >= 0.6 is 0 Å². The number of methoxy groups -OCH3 is 1. The first-order valence-corrected chi connectivity index (χ1v) is 17.3. The number of sulfonamides is 1. The minimum absolute atomic E-state index is 0.0291. The number of piperazine rings is 1. The summed E-state index contributed by atoms with van der Waals surface area (Å²) in [6.45, 7) is 5.52. The molecule has 9 nitrogen and oxygen atoms in total. The smallest absolute Gasteiger partial charge is 0.254 e. The highest BCUT2D eigenvalue weighted by Gasteiger charge is 2.33. The highest BCUT2D eigenvalue weighted by atomic mass is 32.2. The maximum Gasteiger partial charge on any atom is 0.254 e. The minimum atomic E-state index is -3.76. The predicted molar refractivity (Wildman–Crippen MR) is 175 cm³/mol. The number of carbonyl (C=O) groups is 2. The van der Waals surface area contributed by atoms with Gasteiger partial charge in [-0.05, 0) is 98.7 Å². The summed E-state index contributed by atoms with van der Waals surface area (Å²) in [6.07, 6.45) is 2.11. The van der Waals surface area contributed by atoms with Crippen LogP contribution < -0.4 is 10.6 Å². The molecule has 3 atom stereocenters. The fourth-order valence-electron chi connectivity index (χ4n) is 6.59. The van der Waals surface area contributed by atoms with Crippen molar-refractivity contribution in [2.24, 2.45) is 0 Å². The molecule has 2 heterocycles. The number of nitrogens with one attached hydrogen (secondary N) is 2. The first-order chi connectivity index (χ1) is 22.4. The van der Waals surface area contributed by atoms with Gasteiger partial charge in [0.15, 0.2) is 0 Å². The van der Waals surface area contributed by atoms with Crippen molar-refractivity contribution >= 4 is 21.8 Å². The van der Waals surface area contributed by atoms with Gasteiger partial charge in [0, 0.05) is 62.6 Å². The number of rotatable bonds is 11. The number of ether oxygens (including phenoxy) is 1.